The second kappa shape index (κ2) is 2.26. The summed E-state index contributed by atoms with van der Waals surface area (Å²) in [6.07, 6.45) is 5.65. The van der Waals surface area contributed by atoms with Crippen molar-refractivity contribution in [1.29, 1.82) is 0 Å². The Balaban J connectivity index is 2.90. The molecule has 56 valence electrons. The zero-order valence-corrected chi connectivity index (χ0v) is 6.56. The molecular weight excluding hydrogens is 150 g/mol. The molecule has 1 aliphatic heterocycles. The van der Waals surface area contributed by atoms with E-state index in [4.69, 9.17) is 6.42 Å². The topological polar surface area (TPSA) is 37.4 Å². The van der Waals surface area contributed by atoms with Crippen LogP contribution in [0.4, 0.5) is 0 Å². The first-order chi connectivity index (χ1) is 4.58. The summed E-state index contributed by atoms with van der Waals surface area (Å²) in [5, 5.41) is 0. The van der Waals surface area contributed by atoms with E-state index in [-0.39, 0.29) is 11.8 Å². The van der Waals surface area contributed by atoms with E-state index in [1.807, 2.05) is 0 Å². The number of nitrogens with zero attached hydrogens (tertiary/aromatic N) is 1. The molecule has 0 aromatic rings. The maximum atomic E-state index is 11.0. The van der Waals surface area contributed by atoms with E-state index >= 15 is 0 Å². The predicted molar refractivity (Wildman–Crippen MR) is 38.8 cm³/mol. The lowest BCUT2D eigenvalue weighted by Gasteiger charge is -2.10. The number of sulfonamides is 1. The lowest BCUT2D eigenvalue weighted by atomic mass is 10.2. The lowest BCUT2D eigenvalue weighted by molar-refractivity contribution is 0.461. The highest BCUT2D eigenvalue weighted by atomic mass is 32.2. The first-order valence-corrected chi connectivity index (χ1v) is 4.60. The van der Waals surface area contributed by atoms with Crippen LogP contribution in [0.5, 0.6) is 0 Å². The van der Waals surface area contributed by atoms with Crippen LogP contribution >= 0.6 is 0 Å². The zero-order valence-electron chi connectivity index (χ0n) is 5.74. The van der Waals surface area contributed by atoms with Crippen molar-refractivity contribution < 1.29 is 8.42 Å². The van der Waals surface area contributed by atoms with Crippen molar-refractivity contribution in [2.24, 2.45) is 0 Å². The Morgan fingerprint density at radius 2 is 2.30 bits per heavy atom. The summed E-state index contributed by atoms with van der Waals surface area (Å²) >= 11 is 0. The van der Waals surface area contributed by atoms with Gasteiger partial charge in [-0.1, -0.05) is 5.92 Å². The summed E-state index contributed by atoms with van der Waals surface area (Å²) in [5.74, 6) is 2.61. The smallest absolute Gasteiger partial charge is 0.212 e. The van der Waals surface area contributed by atoms with Crippen LogP contribution in [0.25, 0.3) is 0 Å². The molecule has 0 spiro atoms. The normalized spacial score (nSPS) is 31.8. The Kier molecular flexibility index (Phi) is 1.71. The predicted octanol–water partition coefficient (Wildman–Crippen LogP) is -0.347. The van der Waals surface area contributed by atoms with Crippen LogP contribution in [0.15, 0.2) is 0 Å². The van der Waals surface area contributed by atoms with Gasteiger partial charge in [0.1, 0.15) is 0 Å². The van der Waals surface area contributed by atoms with Crippen LogP contribution in [0.3, 0.4) is 0 Å². The summed E-state index contributed by atoms with van der Waals surface area (Å²) in [5.41, 5.74) is 0. The van der Waals surface area contributed by atoms with Crippen LogP contribution in [0, 0.1) is 12.3 Å². The summed E-state index contributed by atoms with van der Waals surface area (Å²) in [4.78, 5) is 0. The van der Waals surface area contributed by atoms with Crippen molar-refractivity contribution in [3.8, 4) is 12.3 Å². The molecule has 1 atom stereocenters. The number of hydrogen-bond donors (Lipinski definition) is 0. The van der Waals surface area contributed by atoms with Crippen LogP contribution in [0.2, 0.25) is 0 Å². The van der Waals surface area contributed by atoms with Gasteiger partial charge in [0.25, 0.3) is 0 Å². The van der Waals surface area contributed by atoms with Crippen LogP contribution in [-0.2, 0) is 10.0 Å². The molecule has 1 aliphatic rings. The van der Waals surface area contributed by atoms with Crippen LogP contribution in [-0.4, -0.2) is 31.6 Å². The number of terminal acetylenes is 1. The van der Waals surface area contributed by atoms with Gasteiger partial charge in [0.2, 0.25) is 10.0 Å². The third-order valence-corrected chi connectivity index (χ3v) is 3.60. The zero-order chi connectivity index (χ0) is 7.78. The van der Waals surface area contributed by atoms with Crippen molar-refractivity contribution in [2.75, 3.05) is 12.8 Å². The molecule has 0 bridgehead atoms. The fourth-order valence-corrected chi connectivity index (χ4v) is 2.33. The van der Waals surface area contributed by atoms with E-state index < -0.39 is 10.0 Å². The second-order valence-corrected chi connectivity index (χ2v) is 4.45. The Bertz CT molecular complexity index is 262. The van der Waals surface area contributed by atoms with Gasteiger partial charge in [-0.2, -0.15) is 4.31 Å². The Hall–Kier alpha value is -0.530. The highest BCUT2D eigenvalue weighted by molar-refractivity contribution is 7.89. The first-order valence-electron chi connectivity index (χ1n) is 3.00. The van der Waals surface area contributed by atoms with Gasteiger partial charge in [0.15, 0.2) is 0 Å². The average Bonchev–Trinajstić information content (AvgIpc) is 2.10. The Labute approximate surface area is 61.1 Å². The van der Waals surface area contributed by atoms with Crippen LogP contribution in [0.1, 0.15) is 6.42 Å². The molecule has 0 radical (unpaired) electrons. The molecule has 1 fully saturated rings. The lowest BCUT2D eigenvalue weighted by Crippen LogP contribution is -2.27. The third-order valence-electron chi connectivity index (χ3n) is 1.72. The summed E-state index contributed by atoms with van der Waals surface area (Å²) < 4.78 is 23.2. The van der Waals surface area contributed by atoms with Crippen molar-refractivity contribution in [3.63, 3.8) is 0 Å². The Morgan fingerprint density at radius 1 is 1.70 bits per heavy atom. The molecule has 1 unspecified atom stereocenters. The average molecular weight is 159 g/mol. The highest BCUT2D eigenvalue weighted by Gasteiger charge is 2.32. The van der Waals surface area contributed by atoms with Gasteiger partial charge in [-0.15, -0.1) is 6.42 Å². The van der Waals surface area contributed by atoms with E-state index in [0.717, 1.165) is 0 Å². The fourth-order valence-electron chi connectivity index (χ4n) is 0.969. The first kappa shape index (κ1) is 7.58. The molecule has 0 aromatic heterocycles. The molecule has 0 saturated carbocycles. The standard InChI is InChI=1S/C6H9NO2S/c1-3-6-4-5-10(8,9)7(6)2/h1,6H,4-5H2,2H3. The van der Waals surface area contributed by atoms with Gasteiger partial charge in [-0.05, 0) is 6.42 Å². The van der Waals surface area contributed by atoms with Crippen LogP contribution < -0.4 is 0 Å². The van der Waals surface area contributed by atoms with E-state index in [9.17, 15) is 8.42 Å². The third kappa shape index (κ3) is 1.02. The minimum absolute atomic E-state index is 0.193. The summed E-state index contributed by atoms with van der Waals surface area (Å²) in [6.45, 7) is 0. The molecule has 1 rings (SSSR count). The van der Waals surface area contributed by atoms with E-state index in [0.29, 0.717) is 6.42 Å². The molecular formula is C6H9NO2S. The minimum atomic E-state index is -3.00. The largest absolute Gasteiger partial charge is 0.215 e. The van der Waals surface area contributed by atoms with E-state index in [1.165, 1.54) is 11.4 Å². The molecule has 0 aliphatic carbocycles. The molecule has 1 saturated heterocycles. The maximum absolute atomic E-state index is 11.0. The SMILES string of the molecule is C#CC1CCS(=O)(=O)N1C. The fraction of sp³-hybridized carbons (Fsp3) is 0.667. The van der Waals surface area contributed by atoms with Crippen molar-refractivity contribution in [2.45, 2.75) is 12.5 Å². The van der Waals surface area contributed by atoms with Crippen molar-refractivity contribution >= 4 is 10.0 Å². The molecule has 0 aromatic carbocycles. The summed E-state index contributed by atoms with van der Waals surface area (Å²) in [7, 11) is -1.47. The molecule has 0 amide bonds. The highest BCUT2D eigenvalue weighted by Crippen LogP contribution is 2.17. The number of hydrogen-bond acceptors (Lipinski definition) is 2. The molecule has 3 nitrogen and oxygen atoms in total. The minimum Gasteiger partial charge on any atom is -0.212 e. The number of rotatable bonds is 0. The van der Waals surface area contributed by atoms with Gasteiger partial charge in [-0.3, -0.25) is 0 Å². The maximum Gasteiger partial charge on any atom is 0.215 e. The van der Waals surface area contributed by atoms with Crippen molar-refractivity contribution in [3.05, 3.63) is 0 Å². The Morgan fingerprint density at radius 3 is 2.50 bits per heavy atom. The summed E-state index contributed by atoms with van der Waals surface area (Å²) in [6, 6.07) is -0.218. The van der Waals surface area contributed by atoms with Gasteiger partial charge in [0, 0.05) is 7.05 Å². The quantitative estimate of drug-likeness (QED) is 0.453. The molecule has 1 heterocycles. The van der Waals surface area contributed by atoms with E-state index in [1.54, 1.807) is 0 Å². The molecule has 4 heteroatoms. The van der Waals surface area contributed by atoms with Gasteiger partial charge >= 0.3 is 0 Å². The van der Waals surface area contributed by atoms with Crippen molar-refractivity contribution in [1.82, 2.24) is 4.31 Å². The monoisotopic (exact) mass is 159 g/mol. The second-order valence-electron chi connectivity index (χ2n) is 2.30. The molecule has 10 heavy (non-hydrogen) atoms. The van der Waals surface area contributed by atoms with E-state index in [2.05, 4.69) is 5.92 Å². The van der Waals surface area contributed by atoms with Gasteiger partial charge in [0.05, 0.1) is 11.8 Å². The molecule has 0 N–H and O–H groups in total. The van der Waals surface area contributed by atoms with Gasteiger partial charge < -0.3 is 0 Å². The van der Waals surface area contributed by atoms with Gasteiger partial charge in [-0.25, -0.2) is 8.42 Å².